The van der Waals surface area contributed by atoms with Gasteiger partial charge >= 0.3 is 0 Å². The quantitative estimate of drug-likeness (QED) is 0.653. The van der Waals surface area contributed by atoms with Crippen LogP contribution in [0, 0.1) is 5.82 Å². The van der Waals surface area contributed by atoms with Crippen molar-refractivity contribution < 1.29 is 17.6 Å². The number of amides is 1. The monoisotopic (exact) mass is 438 g/mol. The van der Waals surface area contributed by atoms with E-state index in [0.29, 0.717) is 19.5 Å². The van der Waals surface area contributed by atoms with Crippen LogP contribution in [-0.2, 0) is 23.0 Å². The maximum Gasteiger partial charge on any atom is 0.251 e. The van der Waals surface area contributed by atoms with Crippen molar-refractivity contribution in [3.8, 4) is 0 Å². The summed E-state index contributed by atoms with van der Waals surface area (Å²) in [5.41, 5.74) is 3.18. The molecular formula is C24H23FN2O3S. The van der Waals surface area contributed by atoms with E-state index in [0.717, 1.165) is 16.7 Å². The van der Waals surface area contributed by atoms with Crippen LogP contribution in [0.25, 0.3) is 0 Å². The number of benzene rings is 3. The van der Waals surface area contributed by atoms with Gasteiger partial charge in [0.05, 0.1) is 10.9 Å². The van der Waals surface area contributed by atoms with Gasteiger partial charge < -0.3 is 5.32 Å². The molecule has 1 heterocycles. The molecule has 0 aromatic heterocycles. The van der Waals surface area contributed by atoms with Gasteiger partial charge in [0.2, 0.25) is 10.0 Å². The van der Waals surface area contributed by atoms with Gasteiger partial charge in [0.15, 0.2) is 0 Å². The third-order valence-corrected chi connectivity index (χ3v) is 7.39. The molecule has 1 aliphatic rings. The Labute approximate surface area is 181 Å². The molecule has 0 bridgehead atoms. The van der Waals surface area contributed by atoms with Crippen molar-refractivity contribution >= 4 is 15.9 Å². The van der Waals surface area contributed by atoms with Gasteiger partial charge in [0.1, 0.15) is 5.82 Å². The second-order valence-electron chi connectivity index (χ2n) is 7.63. The lowest BCUT2D eigenvalue weighted by Crippen LogP contribution is -2.36. The van der Waals surface area contributed by atoms with Crippen LogP contribution < -0.4 is 5.32 Å². The molecule has 31 heavy (non-hydrogen) atoms. The van der Waals surface area contributed by atoms with Gasteiger partial charge in [-0.1, -0.05) is 42.5 Å². The Bertz CT molecular complexity index is 1210. The van der Waals surface area contributed by atoms with Crippen LogP contribution in [0.4, 0.5) is 4.39 Å². The van der Waals surface area contributed by atoms with Crippen LogP contribution >= 0.6 is 0 Å². The number of hydrogen-bond acceptors (Lipinski definition) is 3. The van der Waals surface area contributed by atoms with Crippen LogP contribution in [0.3, 0.4) is 0 Å². The van der Waals surface area contributed by atoms with E-state index in [1.54, 1.807) is 31.2 Å². The van der Waals surface area contributed by atoms with Crippen molar-refractivity contribution in [1.82, 2.24) is 9.62 Å². The number of hydrogen-bond donors (Lipinski definition) is 1. The topological polar surface area (TPSA) is 66.5 Å². The second kappa shape index (κ2) is 8.61. The van der Waals surface area contributed by atoms with Gasteiger partial charge in [-0.05, 0) is 60.4 Å². The first-order valence-electron chi connectivity index (χ1n) is 10.1. The zero-order chi connectivity index (χ0) is 22.0. The molecule has 0 spiro atoms. The van der Waals surface area contributed by atoms with Crippen LogP contribution in [0.2, 0.25) is 0 Å². The van der Waals surface area contributed by atoms with Crippen LogP contribution in [-0.4, -0.2) is 25.2 Å². The van der Waals surface area contributed by atoms with E-state index < -0.39 is 15.9 Å². The fourth-order valence-corrected chi connectivity index (χ4v) is 5.20. The van der Waals surface area contributed by atoms with Crippen LogP contribution in [0.15, 0.2) is 77.7 Å². The molecule has 1 unspecified atom stereocenters. The average molecular weight is 439 g/mol. The number of carbonyl (C=O) groups is 1. The first-order chi connectivity index (χ1) is 14.8. The average Bonchev–Trinajstić information content (AvgIpc) is 2.79. The maximum absolute atomic E-state index is 13.2. The first kappa shape index (κ1) is 21.2. The number of halogens is 1. The van der Waals surface area contributed by atoms with Crippen molar-refractivity contribution in [2.75, 3.05) is 6.54 Å². The Hall–Kier alpha value is -3.03. The van der Waals surface area contributed by atoms with E-state index in [9.17, 15) is 17.6 Å². The summed E-state index contributed by atoms with van der Waals surface area (Å²) in [4.78, 5) is 12.8. The molecule has 1 N–H and O–H groups in total. The zero-order valence-corrected chi connectivity index (χ0v) is 17.9. The van der Waals surface area contributed by atoms with E-state index in [1.165, 1.54) is 28.6 Å². The van der Waals surface area contributed by atoms with Crippen molar-refractivity contribution in [3.63, 3.8) is 0 Å². The molecule has 4 rings (SSSR count). The molecular weight excluding hydrogens is 415 g/mol. The van der Waals surface area contributed by atoms with Crippen LogP contribution in [0.5, 0.6) is 0 Å². The van der Waals surface area contributed by atoms with E-state index >= 15 is 0 Å². The number of nitrogens with zero attached hydrogens (tertiary/aromatic N) is 1. The predicted octanol–water partition coefficient (Wildman–Crippen LogP) is 4.06. The summed E-state index contributed by atoms with van der Waals surface area (Å²) in [6.45, 7) is 2.50. The molecule has 0 fully saturated rings. The molecule has 0 saturated carbocycles. The molecule has 0 aliphatic carbocycles. The third-order valence-electron chi connectivity index (χ3n) is 5.55. The number of rotatable bonds is 5. The molecule has 3 aromatic carbocycles. The molecule has 3 aromatic rings. The minimum atomic E-state index is -3.73. The Morgan fingerprint density at radius 3 is 2.45 bits per heavy atom. The zero-order valence-electron chi connectivity index (χ0n) is 17.1. The normalized spacial score (nSPS) is 15.2. The molecule has 160 valence electrons. The fraction of sp³-hybridized carbons (Fsp3) is 0.208. The van der Waals surface area contributed by atoms with Crippen molar-refractivity contribution in [2.24, 2.45) is 0 Å². The summed E-state index contributed by atoms with van der Waals surface area (Å²) < 4.78 is 41.0. The molecule has 0 radical (unpaired) electrons. The minimum absolute atomic E-state index is 0.0916. The third kappa shape index (κ3) is 4.52. The molecule has 1 aliphatic heterocycles. The lowest BCUT2D eigenvalue weighted by atomic mass is 10.0. The summed E-state index contributed by atoms with van der Waals surface area (Å²) in [6.07, 6.45) is 0.658. The maximum atomic E-state index is 13.2. The number of nitrogens with one attached hydrogen (secondary N) is 1. The molecule has 7 heteroatoms. The number of carbonyl (C=O) groups excluding carboxylic acids is 1. The Morgan fingerprint density at radius 2 is 1.71 bits per heavy atom. The number of sulfonamides is 1. The smallest absolute Gasteiger partial charge is 0.251 e. The summed E-state index contributed by atoms with van der Waals surface area (Å²) in [6, 6.07) is 19.4. The van der Waals surface area contributed by atoms with Gasteiger partial charge in [-0.15, -0.1) is 0 Å². The standard InChI is InChI=1S/C24H23FN2O3S/c1-17(18-9-11-22(25)12-10-18)26-24(28)20-7-4-8-23(15-20)31(29,30)27-14-13-19-5-2-3-6-21(19)16-27/h2-12,15,17H,13-14,16H2,1H3,(H,26,28). The summed E-state index contributed by atoms with van der Waals surface area (Å²) in [7, 11) is -3.73. The lowest BCUT2D eigenvalue weighted by molar-refractivity contribution is 0.0939. The lowest BCUT2D eigenvalue weighted by Gasteiger charge is -2.28. The van der Waals surface area contributed by atoms with E-state index in [1.807, 2.05) is 24.3 Å². The Balaban J connectivity index is 1.52. The predicted molar refractivity (Wildman–Crippen MR) is 116 cm³/mol. The fourth-order valence-electron chi connectivity index (χ4n) is 3.74. The first-order valence-corrected chi connectivity index (χ1v) is 11.5. The van der Waals surface area contributed by atoms with Crippen LogP contribution in [0.1, 0.15) is 40.0 Å². The summed E-state index contributed by atoms with van der Waals surface area (Å²) in [5, 5.41) is 2.83. The molecule has 1 atom stereocenters. The number of fused-ring (bicyclic) bond motifs is 1. The highest BCUT2D eigenvalue weighted by atomic mass is 32.2. The largest absolute Gasteiger partial charge is 0.346 e. The van der Waals surface area contributed by atoms with E-state index in [4.69, 9.17) is 0 Å². The van der Waals surface area contributed by atoms with Gasteiger partial charge in [0, 0.05) is 18.7 Å². The molecule has 5 nitrogen and oxygen atoms in total. The SMILES string of the molecule is CC(NC(=O)c1cccc(S(=O)(=O)N2CCc3ccccc3C2)c1)c1ccc(F)cc1. The summed E-state index contributed by atoms with van der Waals surface area (Å²) in [5.74, 6) is -0.738. The highest BCUT2D eigenvalue weighted by Crippen LogP contribution is 2.25. The van der Waals surface area contributed by atoms with Gasteiger partial charge in [-0.3, -0.25) is 4.79 Å². The van der Waals surface area contributed by atoms with E-state index in [2.05, 4.69) is 5.32 Å². The van der Waals surface area contributed by atoms with Crippen molar-refractivity contribution in [1.29, 1.82) is 0 Å². The van der Waals surface area contributed by atoms with E-state index in [-0.39, 0.29) is 22.3 Å². The van der Waals surface area contributed by atoms with Gasteiger partial charge in [0.25, 0.3) is 5.91 Å². The highest BCUT2D eigenvalue weighted by molar-refractivity contribution is 7.89. The van der Waals surface area contributed by atoms with Crippen molar-refractivity contribution in [2.45, 2.75) is 30.8 Å². The Kier molecular flexibility index (Phi) is 5.89. The second-order valence-corrected chi connectivity index (χ2v) is 9.57. The summed E-state index contributed by atoms with van der Waals surface area (Å²) >= 11 is 0. The van der Waals surface area contributed by atoms with Crippen molar-refractivity contribution in [3.05, 3.63) is 101 Å². The van der Waals surface area contributed by atoms with Gasteiger partial charge in [-0.2, -0.15) is 4.31 Å². The minimum Gasteiger partial charge on any atom is -0.346 e. The molecule has 0 saturated heterocycles. The molecule has 1 amide bonds. The van der Waals surface area contributed by atoms with Gasteiger partial charge in [-0.25, -0.2) is 12.8 Å². The highest BCUT2D eigenvalue weighted by Gasteiger charge is 2.28. The Morgan fingerprint density at radius 1 is 1.00 bits per heavy atom.